The number of hydrogen-bond acceptors (Lipinski definition) is 7. The van der Waals surface area contributed by atoms with E-state index in [2.05, 4.69) is 20.4 Å². The lowest BCUT2D eigenvalue weighted by Gasteiger charge is -2.44. The molecule has 0 radical (unpaired) electrons. The van der Waals surface area contributed by atoms with Crippen molar-refractivity contribution in [3.05, 3.63) is 35.6 Å². The molecule has 11 nitrogen and oxygen atoms in total. The molecule has 12 heteroatoms. The van der Waals surface area contributed by atoms with Crippen molar-refractivity contribution in [3.8, 4) is 0 Å². The summed E-state index contributed by atoms with van der Waals surface area (Å²) in [4.78, 5) is 63.4. The Hall–Kier alpha value is -3.09. The van der Waals surface area contributed by atoms with Crippen LogP contribution in [0.1, 0.15) is 74.6 Å². The lowest BCUT2D eigenvalue weighted by Crippen LogP contribution is -2.54. The van der Waals surface area contributed by atoms with Crippen molar-refractivity contribution in [2.24, 2.45) is 11.8 Å². The molecular formula is C36H51FN6O5. The number of piperidine rings is 2. The predicted octanol–water partition coefficient (Wildman–Crippen LogP) is 2.01. The van der Waals surface area contributed by atoms with Crippen molar-refractivity contribution in [3.63, 3.8) is 0 Å². The van der Waals surface area contributed by atoms with Gasteiger partial charge in [0.25, 0.3) is 5.91 Å². The summed E-state index contributed by atoms with van der Waals surface area (Å²) in [5, 5.41) is 6.34. The lowest BCUT2D eigenvalue weighted by atomic mass is 9.79. The van der Waals surface area contributed by atoms with Crippen LogP contribution in [0.2, 0.25) is 0 Å². The highest BCUT2D eigenvalue weighted by Crippen LogP contribution is 2.34. The van der Waals surface area contributed by atoms with Crippen molar-refractivity contribution in [1.29, 1.82) is 0 Å². The van der Waals surface area contributed by atoms with Gasteiger partial charge in [-0.1, -0.05) is 0 Å². The number of rotatable bonds is 2. The second kappa shape index (κ2) is 14.8. The summed E-state index contributed by atoms with van der Waals surface area (Å²) in [6.07, 6.45) is 8.07. The molecule has 7 saturated heterocycles. The number of fused-ring (bicyclic) bond motifs is 7. The standard InChI is InChI=1S/C36H51FN6O5/c37-27-5-3-24(4-6-27)36(47)43-23-28-21-32(43)34(45)38-13-7-26-22-41(29-11-18-48-19-12-29)15-8-25(26)20-33(44)40-16-9-30(10-17-40)42-14-1-2-31(42)35(46)39-28/h3-6,25-26,28-32H,1-2,7-23H2,(H,38,45)(H,39,46)/t25-,26-,28+,31-,32+/m0/s1. The second-order valence-electron chi connectivity index (χ2n) is 14.9. The molecule has 8 rings (SSSR count). The van der Waals surface area contributed by atoms with Crippen molar-refractivity contribution >= 4 is 23.6 Å². The summed E-state index contributed by atoms with van der Waals surface area (Å²) in [6, 6.07) is 4.77. The molecule has 7 fully saturated rings. The Kier molecular flexibility index (Phi) is 10.3. The minimum absolute atomic E-state index is 0.0534. The first-order valence-electron chi connectivity index (χ1n) is 18.3. The molecule has 7 heterocycles. The van der Waals surface area contributed by atoms with Gasteiger partial charge in [0.1, 0.15) is 11.9 Å². The Morgan fingerprint density at radius 1 is 0.792 bits per heavy atom. The number of carbonyl (C=O) groups excluding carboxylic acids is 4. The first-order valence-corrected chi connectivity index (χ1v) is 18.3. The normalized spacial score (nSPS) is 33.3. The van der Waals surface area contributed by atoms with Gasteiger partial charge in [-0.15, -0.1) is 0 Å². The van der Waals surface area contributed by atoms with Crippen LogP contribution < -0.4 is 10.6 Å². The Bertz CT molecular complexity index is 1330. The number of amides is 4. The van der Waals surface area contributed by atoms with Crippen LogP contribution in [-0.2, 0) is 19.1 Å². The minimum Gasteiger partial charge on any atom is -0.381 e. The monoisotopic (exact) mass is 666 g/mol. The molecule has 1 aromatic rings. The number of benzene rings is 1. The van der Waals surface area contributed by atoms with Crippen LogP contribution in [0.15, 0.2) is 24.3 Å². The average molecular weight is 667 g/mol. The van der Waals surface area contributed by atoms with E-state index in [9.17, 15) is 23.6 Å². The topological polar surface area (TPSA) is 115 Å². The van der Waals surface area contributed by atoms with Crippen LogP contribution in [0, 0.1) is 17.7 Å². The van der Waals surface area contributed by atoms with E-state index in [0.29, 0.717) is 31.0 Å². The smallest absolute Gasteiger partial charge is 0.254 e. The summed E-state index contributed by atoms with van der Waals surface area (Å²) in [7, 11) is 0. The zero-order valence-corrected chi connectivity index (χ0v) is 28.0. The number of ether oxygens (including phenoxy) is 1. The second-order valence-corrected chi connectivity index (χ2v) is 14.9. The molecule has 7 aliphatic rings. The summed E-state index contributed by atoms with van der Waals surface area (Å²) < 4.78 is 19.3. The molecule has 2 N–H and O–H groups in total. The first kappa shape index (κ1) is 33.4. The largest absolute Gasteiger partial charge is 0.381 e. The summed E-state index contributed by atoms with van der Waals surface area (Å²) >= 11 is 0. The van der Waals surface area contributed by atoms with Gasteiger partial charge in [0, 0.05) is 76.0 Å². The number of nitrogens with one attached hydrogen (secondary N) is 2. The third-order valence-corrected chi connectivity index (χ3v) is 12.1. The fraction of sp³-hybridized carbons (Fsp3) is 0.722. The number of nitrogens with zero attached hydrogens (tertiary/aromatic N) is 4. The summed E-state index contributed by atoms with van der Waals surface area (Å²) in [6.45, 7) is 6.43. The maximum Gasteiger partial charge on any atom is 0.254 e. The predicted molar refractivity (Wildman–Crippen MR) is 176 cm³/mol. The molecule has 48 heavy (non-hydrogen) atoms. The van der Waals surface area contributed by atoms with E-state index in [1.807, 2.05) is 4.90 Å². The SMILES string of the molecule is O=C1NCC[C@H]2CN(C3CCOCC3)CC[C@H]2CC(=O)N2CCC(CC2)N2CCC[C@H]2C(=O)N[C@@H]2C[C@H]1N(C(=O)c1ccc(F)cc1)C2. The number of likely N-dealkylation sites (tertiary alicyclic amines) is 2. The maximum atomic E-state index is 13.8. The van der Waals surface area contributed by atoms with E-state index in [4.69, 9.17) is 4.74 Å². The van der Waals surface area contributed by atoms with Gasteiger partial charge in [0.15, 0.2) is 0 Å². The van der Waals surface area contributed by atoms with Gasteiger partial charge in [-0.25, -0.2) is 4.39 Å². The van der Waals surface area contributed by atoms with Gasteiger partial charge >= 0.3 is 0 Å². The van der Waals surface area contributed by atoms with E-state index in [1.54, 1.807) is 4.90 Å². The molecule has 0 aromatic heterocycles. The van der Waals surface area contributed by atoms with E-state index in [-0.39, 0.29) is 60.1 Å². The molecule has 4 amide bonds. The van der Waals surface area contributed by atoms with Gasteiger partial charge in [-0.3, -0.25) is 29.0 Å². The van der Waals surface area contributed by atoms with E-state index < -0.39 is 11.9 Å². The van der Waals surface area contributed by atoms with Gasteiger partial charge < -0.3 is 25.2 Å². The van der Waals surface area contributed by atoms with Crippen molar-refractivity contribution in [2.75, 3.05) is 59.0 Å². The highest BCUT2D eigenvalue weighted by atomic mass is 19.1. The van der Waals surface area contributed by atoms with Gasteiger partial charge in [0.2, 0.25) is 17.7 Å². The van der Waals surface area contributed by atoms with Crippen LogP contribution in [0.4, 0.5) is 4.39 Å². The fourth-order valence-corrected chi connectivity index (χ4v) is 9.36. The maximum absolute atomic E-state index is 13.8. The molecule has 262 valence electrons. The van der Waals surface area contributed by atoms with Crippen LogP contribution >= 0.6 is 0 Å². The zero-order chi connectivity index (χ0) is 33.2. The highest BCUT2D eigenvalue weighted by Gasteiger charge is 2.44. The molecule has 5 atom stereocenters. The molecular weight excluding hydrogens is 615 g/mol. The highest BCUT2D eigenvalue weighted by molar-refractivity contribution is 5.98. The minimum atomic E-state index is -0.750. The quantitative estimate of drug-likeness (QED) is 0.497. The first-order chi connectivity index (χ1) is 23.3. The molecule has 1 aromatic carbocycles. The average Bonchev–Trinajstić information content (AvgIpc) is 3.77. The van der Waals surface area contributed by atoms with Gasteiger partial charge in [-0.05, 0) is 107 Å². The molecule has 0 saturated carbocycles. The Morgan fingerprint density at radius 2 is 1.56 bits per heavy atom. The third kappa shape index (κ3) is 7.26. The third-order valence-electron chi connectivity index (χ3n) is 12.1. The zero-order valence-electron chi connectivity index (χ0n) is 28.0. The van der Waals surface area contributed by atoms with Crippen LogP contribution in [0.5, 0.6) is 0 Å². The number of hydrogen-bond donors (Lipinski definition) is 2. The van der Waals surface area contributed by atoms with Gasteiger partial charge in [-0.2, -0.15) is 0 Å². The van der Waals surface area contributed by atoms with E-state index in [0.717, 1.165) is 97.3 Å². The van der Waals surface area contributed by atoms with Gasteiger partial charge in [0.05, 0.1) is 6.04 Å². The number of carbonyl (C=O) groups is 4. The fourth-order valence-electron chi connectivity index (χ4n) is 9.36. The van der Waals surface area contributed by atoms with Crippen LogP contribution in [0.3, 0.4) is 0 Å². The Balaban J connectivity index is 1.12. The molecule has 4 bridgehead atoms. The van der Waals surface area contributed by atoms with E-state index in [1.165, 1.54) is 24.3 Å². The Labute approximate surface area is 282 Å². The van der Waals surface area contributed by atoms with E-state index >= 15 is 0 Å². The summed E-state index contributed by atoms with van der Waals surface area (Å²) in [5.74, 6) is -0.323. The Morgan fingerprint density at radius 3 is 2.33 bits per heavy atom. The number of halogens is 1. The lowest BCUT2D eigenvalue weighted by molar-refractivity contribution is -0.136. The van der Waals surface area contributed by atoms with Crippen molar-refractivity contribution in [1.82, 2.24) is 30.2 Å². The molecule has 0 unspecified atom stereocenters. The summed E-state index contributed by atoms with van der Waals surface area (Å²) in [5.41, 5.74) is 0.312. The molecule has 0 spiro atoms. The van der Waals surface area contributed by atoms with Crippen LogP contribution in [0.25, 0.3) is 0 Å². The van der Waals surface area contributed by atoms with Crippen molar-refractivity contribution in [2.45, 2.75) is 94.4 Å². The van der Waals surface area contributed by atoms with Crippen LogP contribution in [-0.4, -0.2) is 132 Å². The molecule has 0 aliphatic carbocycles. The van der Waals surface area contributed by atoms with Crippen molar-refractivity contribution < 1.29 is 28.3 Å². The molecule has 7 aliphatic heterocycles.